The molecule has 4 rings (SSSR count). The second kappa shape index (κ2) is 7.68. The molecule has 27 heavy (non-hydrogen) atoms. The molecule has 138 valence electrons. The first-order valence-corrected chi connectivity index (χ1v) is 11.0. The predicted octanol–water partition coefficient (Wildman–Crippen LogP) is 4.93. The van der Waals surface area contributed by atoms with Gasteiger partial charge in [0.15, 0.2) is 0 Å². The Bertz CT molecular complexity index is 1110. The van der Waals surface area contributed by atoms with Crippen molar-refractivity contribution in [2.45, 2.75) is 17.9 Å². The van der Waals surface area contributed by atoms with E-state index in [2.05, 4.69) is 0 Å². The van der Waals surface area contributed by atoms with Crippen molar-refractivity contribution < 1.29 is 12.8 Å². The SMILES string of the molecule is O=S(=O)(c1cccc2ccccc12)N(CCc1cccs1)Cc1ccoc1. The summed E-state index contributed by atoms with van der Waals surface area (Å²) in [5, 5.41) is 3.67. The van der Waals surface area contributed by atoms with E-state index in [9.17, 15) is 8.42 Å². The van der Waals surface area contributed by atoms with E-state index in [1.54, 1.807) is 46.4 Å². The van der Waals surface area contributed by atoms with Gasteiger partial charge < -0.3 is 4.42 Å². The van der Waals surface area contributed by atoms with Crippen molar-refractivity contribution in [3.8, 4) is 0 Å². The van der Waals surface area contributed by atoms with Gasteiger partial charge >= 0.3 is 0 Å². The number of benzene rings is 2. The van der Waals surface area contributed by atoms with Gasteiger partial charge in [-0.3, -0.25) is 0 Å². The molecule has 0 amide bonds. The van der Waals surface area contributed by atoms with E-state index in [1.165, 1.54) is 4.88 Å². The number of sulfonamides is 1. The van der Waals surface area contributed by atoms with Gasteiger partial charge in [-0.15, -0.1) is 11.3 Å². The molecule has 0 aliphatic carbocycles. The second-order valence-electron chi connectivity index (χ2n) is 6.28. The van der Waals surface area contributed by atoms with E-state index in [0.29, 0.717) is 17.9 Å². The molecule has 0 aliphatic heterocycles. The van der Waals surface area contributed by atoms with Crippen molar-refractivity contribution >= 4 is 32.1 Å². The van der Waals surface area contributed by atoms with Crippen LogP contribution >= 0.6 is 11.3 Å². The Balaban J connectivity index is 1.72. The lowest BCUT2D eigenvalue weighted by Crippen LogP contribution is -2.32. The van der Waals surface area contributed by atoms with Crippen LogP contribution in [0.3, 0.4) is 0 Å². The molecule has 0 N–H and O–H groups in total. The van der Waals surface area contributed by atoms with Gasteiger partial charge in [-0.2, -0.15) is 4.31 Å². The third-order valence-electron chi connectivity index (χ3n) is 4.49. The maximum atomic E-state index is 13.5. The summed E-state index contributed by atoms with van der Waals surface area (Å²) in [7, 11) is -3.66. The minimum atomic E-state index is -3.66. The third-order valence-corrected chi connectivity index (χ3v) is 7.33. The summed E-state index contributed by atoms with van der Waals surface area (Å²) >= 11 is 1.64. The predicted molar refractivity (Wildman–Crippen MR) is 108 cm³/mol. The molecule has 4 nitrogen and oxygen atoms in total. The van der Waals surface area contributed by atoms with Crippen LogP contribution in [0, 0.1) is 0 Å². The number of furan rings is 1. The Kier molecular flexibility index (Phi) is 5.11. The minimum absolute atomic E-state index is 0.285. The molecule has 0 saturated heterocycles. The Morgan fingerprint density at radius 1 is 0.963 bits per heavy atom. The van der Waals surface area contributed by atoms with Crippen LogP contribution in [0.5, 0.6) is 0 Å². The van der Waals surface area contributed by atoms with Gasteiger partial charge in [-0.05, 0) is 35.4 Å². The molecule has 4 aromatic rings. The Labute approximate surface area is 162 Å². The van der Waals surface area contributed by atoms with Crippen LogP contribution in [0.1, 0.15) is 10.4 Å². The van der Waals surface area contributed by atoms with Crippen LogP contribution in [0.4, 0.5) is 0 Å². The fourth-order valence-corrected chi connectivity index (χ4v) is 5.46. The molecule has 0 aliphatic rings. The zero-order valence-electron chi connectivity index (χ0n) is 14.6. The molecule has 0 spiro atoms. The molecule has 6 heteroatoms. The van der Waals surface area contributed by atoms with Crippen molar-refractivity contribution in [3.63, 3.8) is 0 Å². The van der Waals surface area contributed by atoms with E-state index < -0.39 is 10.0 Å². The molecule has 0 radical (unpaired) electrons. The highest BCUT2D eigenvalue weighted by Crippen LogP contribution is 2.27. The zero-order chi connectivity index (χ0) is 18.7. The van der Waals surface area contributed by atoms with Crippen LogP contribution in [-0.4, -0.2) is 19.3 Å². The largest absolute Gasteiger partial charge is 0.472 e. The second-order valence-corrected chi connectivity index (χ2v) is 9.22. The fourth-order valence-electron chi connectivity index (χ4n) is 3.12. The molecule has 0 bridgehead atoms. The van der Waals surface area contributed by atoms with Crippen LogP contribution < -0.4 is 0 Å². The number of rotatable bonds is 7. The summed E-state index contributed by atoms with van der Waals surface area (Å²) in [5.41, 5.74) is 0.838. The zero-order valence-corrected chi connectivity index (χ0v) is 16.2. The summed E-state index contributed by atoms with van der Waals surface area (Å²) in [6, 6.07) is 18.8. The van der Waals surface area contributed by atoms with Crippen LogP contribution in [0.25, 0.3) is 10.8 Å². The fraction of sp³-hybridized carbons (Fsp3) is 0.143. The summed E-state index contributed by atoms with van der Waals surface area (Å²) < 4.78 is 33.7. The highest BCUT2D eigenvalue weighted by Gasteiger charge is 2.26. The average molecular weight is 398 g/mol. The van der Waals surface area contributed by atoms with Gasteiger partial charge in [0.2, 0.25) is 10.0 Å². The minimum Gasteiger partial charge on any atom is -0.472 e. The van der Waals surface area contributed by atoms with Gasteiger partial charge in [0.25, 0.3) is 0 Å². The van der Waals surface area contributed by atoms with Gasteiger partial charge in [0, 0.05) is 28.9 Å². The lowest BCUT2D eigenvalue weighted by Gasteiger charge is -2.22. The van der Waals surface area contributed by atoms with Crippen molar-refractivity contribution in [1.82, 2.24) is 4.31 Å². The number of hydrogen-bond donors (Lipinski definition) is 0. The lowest BCUT2D eigenvalue weighted by molar-refractivity contribution is 0.409. The summed E-state index contributed by atoms with van der Waals surface area (Å²) in [6.07, 6.45) is 3.84. The van der Waals surface area contributed by atoms with Gasteiger partial charge in [-0.1, -0.05) is 42.5 Å². The molecular weight excluding hydrogens is 378 g/mol. The molecule has 2 aromatic heterocycles. The molecule has 2 heterocycles. The number of fused-ring (bicyclic) bond motifs is 1. The Morgan fingerprint density at radius 2 is 1.81 bits per heavy atom. The lowest BCUT2D eigenvalue weighted by atomic mass is 10.1. The maximum absolute atomic E-state index is 13.5. The van der Waals surface area contributed by atoms with Gasteiger partial charge in [-0.25, -0.2) is 8.42 Å². The van der Waals surface area contributed by atoms with E-state index in [-0.39, 0.29) is 6.54 Å². The summed E-state index contributed by atoms with van der Waals surface area (Å²) in [5.74, 6) is 0. The van der Waals surface area contributed by atoms with E-state index in [0.717, 1.165) is 16.3 Å². The van der Waals surface area contributed by atoms with E-state index in [4.69, 9.17) is 4.42 Å². The van der Waals surface area contributed by atoms with Crippen LogP contribution in [0.15, 0.2) is 87.9 Å². The van der Waals surface area contributed by atoms with Crippen molar-refractivity contribution in [1.29, 1.82) is 0 Å². The summed E-state index contributed by atoms with van der Waals surface area (Å²) in [4.78, 5) is 1.51. The Hall–Kier alpha value is -2.41. The molecule has 0 atom stereocenters. The Morgan fingerprint density at radius 3 is 2.59 bits per heavy atom. The highest BCUT2D eigenvalue weighted by atomic mass is 32.2. The number of hydrogen-bond acceptors (Lipinski definition) is 4. The van der Waals surface area contributed by atoms with Crippen molar-refractivity contribution in [2.24, 2.45) is 0 Å². The topological polar surface area (TPSA) is 50.5 Å². The van der Waals surface area contributed by atoms with Crippen molar-refractivity contribution in [3.05, 3.63) is 89.0 Å². The molecule has 2 aromatic carbocycles. The molecule has 0 unspecified atom stereocenters. The van der Waals surface area contributed by atoms with Crippen LogP contribution in [-0.2, 0) is 23.0 Å². The molecular formula is C21H19NO3S2. The van der Waals surface area contributed by atoms with Gasteiger partial charge in [0.1, 0.15) is 0 Å². The summed E-state index contributed by atoms with van der Waals surface area (Å²) in [6.45, 7) is 0.699. The normalized spacial score (nSPS) is 12.0. The van der Waals surface area contributed by atoms with E-state index >= 15 is 0 Å². The first-order valence-electron chi connectivity index (χ1n) is 8.66. The monoisotopic (exact) mass is 397 g/mol. The standard InChI is InChI=1S/C21H19NO3S2/c23-27(24,21-9-3-6-18-5-1-2-8-20(18)21)22(15-17-11-13-25-16-17)12-10-19-7-4-14-26-19/h1-9,11,13-14,16H,10,12,15H2. The average Bonchev–Trinajstić information content (AvgIpc) is 3.38. The number of thiophene rings is 1. The smallest absolute Gasteiger partial charge is 0.244 e. The van der Waals surface area contributed by atoms with Gasteiger partial charge in [0.05, 0.1) is 17.4 Å². The highest BCUT2D eigenvalue weighted by molar-refractivity contribution is 7.89. The maximum Gasteiger partial charge on any atom is 0.244 e. The first kappa shape index (κ1) is 18.0. The van der Waals surface area contributed by atoms with Crippen molar-refractivity contribution in [2.75, 3.05) is 6.54 Å². The molecule has 0 fully saturated rings. The third kappa shape index (κ3) is 3.83. The quantitative estimate of drug-likeness (QED) is 0.444. The first-order chi connectivity index (χ1) is 13.1. The van der Waals surface area contributed by atoms with Crippen LogP contribution in [0.2, 0.25) is 0 Å². The molecule has 0 saturated carbocycles. The van der Waals surface area contributed by atoms with E-state index in [1.807, 2.05) is 47.8 Å². The number of nitrogens with zero attached hydrogens (tertiary/aromatic N) is 1.